The lowest BCUT2D eigenvalue weighted by Crippen LogP contribution is -2.61. The highest BCUT2D eigenvalue weighted by molar-refractivity contribution is 7.80. The largest absolute Gasteiger partial charge is 0.479 e. The highest BCUT2D eigenvalue weighted by Crippen LogP contribution is 2.69. The molecule has 280 valence electrons. The number of allylic oxidation sites excluding steroid dienone is 2. The molecule has 4 aliphatic carbocycles. The van der Waals surface area contributed by atoms with E-state index < -0.39 is 93.8 Å². The summed E-state index contributed by atoms with van der Waals surface area (Å²) in [5.41, 5.74) is -1.14. The van der Waals surface area contributed by atoms with Crippen molar-refractivity contribution in [3.63, 3.8) is 0 Å². The van der Waals surface area contributed by atoms with Crippen LogP contribution in [0.5, 0.6) is 0 Å². The first-order chi connectivity index (χ1) is 22.6. The molecule has 14 nitrogen and oxygen atoms in total. The minimum atomic E-state index is -4.87. The molecule has 0 spiro atoms. The first kappa shape index (κ1) is 37.5. The Kier molecular flexibility index (Phi) is 9.73. The van der Waals surface area contributed by atoms with Gasteiger partial charge in [0.1, 0.15) is 24.4 Å². The van der Waals surface area contributed by atoms with Crippen LogP contribution >= 0.6 is 0 Å². The Hall–Kier alpha value is -1.24. The summed E-state index contributed by atoms with van der Waals surface area (Å²) in [6, 6.07) is 0. The van der Waals surface area contributed by atoms with E-state index >= 15 is 0 Å². The van der Waals surface area contributed by atoms with Crippen LogP contribution in [0, 0.1) is 46.3 Å². The number of hydrogen-bond donors (Lipinski definition) is 7. The smallest absolute Gasteiger partial charge is 0.397 e. The predicted octanol–water partition coefficient (Wildman–Crippen LogP) is 1.42. The predicted molar refractivity (Wildman–Crippen MR) is 171 cm³/mol. The Morgan fingerprint density at radius 2 is 1.67 bits per heavy atom. The molecule has 2 aliphatic heterocycles. The Balaban J connectivity index is 1.27. The quantitative estimate of drug-likeness (QED) is 0.107. The number of ether oxygens (including phenoxy) is 3. The van der Waals surface area contributed by atoms with E-state index in [1.54, 1.807) is 6.92 Å². The molecule has 2 saturated heterocycles. The van der Waals surface area contributed by atoms with Gasteiger partial charge in [-0.15, -0.1) is 0 Å². The first-order valence-corrected chi connectivity index (χ1v) is 19.0. The first-order valence-electron chi connectivity index (χ1n) is 17.6. The monoisotopic (exact) mass is 718 g/mol. The van der Waals surface area contributed by atoms with Crippen molar-refractivity contribution in [3.05, 3.63) is 11.6 Å². The van der Waals surface area contributed by atoms with Crippen LogP contribution in [0.15, 0.2) is 11.6 Å². The normalized spacial score (nSPS) is 50.9. The second kappa shape index (κ2) is 12.7. The lowest BCUT2D eigenvalue weighted by atomic mass is 9.47. The van der Waals surface area contributed by atoms with Gasteiger partial charge in [0.15, 0.2) is 12.4 Å². The third-order valence-electron chi connectivity index (χ3n) is 13.8. The number of hydrogen-bond acceptors (Lipinski definition) is 12. The number of aliphatic hydroxyl groups is 5. The zero-order chi connectivity index (χ0) is 36.2. The van der Waals surface area contributed by atoms with Gasteiger partial charge in [-0.1, -0.05) is 46.3 Å². The highest BCUT2D eigenvalue weighted by Gasteiger charge is 2.70. The molecule has 0 aromatic carbocycles. The molecular weight excluding hydrogens is 664 g/mol. The Bertz CT molecular complexity index is 1420. The summed E-state index contributed by atoms with van der Waals surface area (Å²) in [4.78, 5) is 11.6. The SMILES string of the molecule is CC(C)[C@@H](C)[C@H](O)[C@@H]1O[C@H]2CC3[C@@H]4C[C@H](OS(=O)(=O)O)C5C[C@@H](O[C@@H]6O[C@H](C(=O)O)[C@@H](O)[C@H](O)[C@H]6O)CC[C@]5(C)C4=CC[C@]3(C)[C@H]2[C@@]1(C)O. The van der Waals surface area contributed by atoms with E-state index in [9.17, 15) is 48.4 Å². The molecule has 49 heavy (non-hydrogen) atoms. The molecule has 15 heteroatoms. The second-order valence-corrected chi connectivity index (χ2v) is 17.8. The fraction of sp³-hybridized carbons (Fsp3) is 0.912. The molecule has 0 aromatic rings. The molecule has 5 fully saturated rings. The number of rotatable bonds is 8. The van der Waals surface area contributed by atoms with Gasteiger partial charge in [0.25, 0.3) is 0 Å². The molecule has 18 atom stereocenters. The van der Waals surface area contributed by atoms with Crippen molar-refractivity contribution < 1.29 is 66.8 Å². The third kappa shape index (κ3) is 6.12. The average Bonchev–Trinajstić information content (AvgIpc) is 3.46. The molecule has 2 unspecified atom stereocenters. The maximum absolute atomic E-state index is 12.2. The summed E-state index contributed by atoms with van der Waals surface area (Å²) >= 11 is 0. The van der Waals surface area contributed by atoms with Gasteiger partial charge in [-0.05, 0) is 85.9 Å². The maximum atomic E-state index is 12.2. The van der Waals surface area contributed by atoms with Crippen LogP contribution in [0.1, 0.15) is 80.1 Å². The Morgan fingerprint density at radius 1 is 1.00 bits per heavy atom. The molecule has 7 N–H and O–H groups in total. The minimum Gasteiger partial charge on any atom is -0.479 e. The van der Waals surface area contributed by atoms with Crippen molar-refractivity contribution in [2.24, 2.45) is 46.3 Å². The van der Waals surface area contributed by atoms with Crippen molar-refractivity contribution in [3.8, 4) is 0 Å². The fourth-order valence-electron chi connectivity index (χ4n) is 11.0. The molecule has 0 radical (unpaired) electrons. The molecule has 3 saturated carbocycles. The number of aliphatic carboxylic acids is 1. The molecule has 0 bridgehead atoms. The van der Waals surface area contributed by atoms with Crippen molar-refractivity contribution in [1.29, 1.82) is 0 Å². The lowest BCUT2D eigenvalue weighted by Gasteiger charge is -2.59. The van der Waals surface area contributed by atoms with Gasteiger partial charge in [0, 0.05) is 5.92 Å². The van der Waals surface area contributed by atoms with Gasteiger partial charge in [0.2, 0.25) is 0 Å². The lowest BCUT2D eigenvalue weighted by molar-refractivity contribution is -0.309. The summed E-state index contributed by atoms with van der Waals surface area (Å²) in [7, 11) is -4.87. The fourth-order valence-corrected chi connectivity index (χ4v) is 11.5. The molecule has 6 aliphatic rings. The van der Waals surface area contributed by atoms with E-state index in [1.807, 2.05) is 20.8 Å². The highest BCUT2D eigenvalue weighted by atomic mass is 32.3. The standard InChI is InChI=1S/C34H54O14S/c1-14(2)15(3)23(35)29-34(6,41)28-22(46-29)13-19-17-12-21(48-49(42,43)44)20-11-16(7-9-32(20,4)18(17)8-10-33(19,28)5)45-31-26(38)24(36)25(37)27(47-31)30(39)40/h8,14-17,19-29,31,35-38,41H,7,9-13H2,1-6H3,(H,39,40)(H,42,43,44)/t15-,16+,17-,19?,20?,21+,22+,23+,24+,25+,26-,27+,28+,29+,31-,32-,33+,34-/m1/s1. The second-order valence-electron chi connectivity index (χ2n) is 16.8. The van der Waals surface area contributed by atoms with Crippen LogP contribution < -0.4 is 0 Å². The summed E-state index contributed by atoms with van der Waals surface area (Å²) in [5.74, 6) is -2.31. The summed E-state index contributed by atoms with van der Waals surface area (Å²) in [6.07, 6.45) is -7.38. The van der Waals surface area contributed by atoms with E-state index in [2.05, 4.69) is 19.9 Å². The average molecular weight is 719 g/mol. The number of carboxylic acid groups (broad SMARTS) is 1. The molecule has 0 aromatic heterocycles. The Morgan fingerprint density at radius 3 is 2.29 bits per heavy atom. The minimum absolute atomic E-state index is 0.000452. The van der Waals surface area contributed by atoms with Crippen LogP contribution in [0.25, 0.3) is 0 Å². The van der Waals surface area contributed by atoms with E-state index in [1.165, 1.54) is 0 Å². The van der Waals surface area contributed by atoms with Crippen molar-refractivity contribution in [2.45, 2.75) is 147 Å². The van der Waals surface area contributed by atoms with Crippen molar-refractivity contribution >= 4 is 16.4 Å². The van der Waals surface area contributed by atoms with Gasteiger partial charge in [0.05, 0.1) is 30.0 Å². The van der Waals surface area contributed by atoms with Gasteiger partial charge < -0.3 is 44.8 Å². The molecule has 2 heterocycles. The van der Waals surface area contributed by atoms with Gasteiger partial charge >= 0.3 is 16.4 Å². The van der Waals surface area contributed by atoms with Crippen molar-refractivity contribution in [1.82, 2.24) is 0 Å². The van der Waals surface area contributed by atoms with Gasteiger partial charge in [-0.25, -0.2) is 8.98 Å². The van der Waals surface area contributed by atoms with E-state index in [0.717, 1.165) is 5.57 Å². The van der Waals surface area contributed by atoms with Crippen LogP contribution in [0.2, 0.25) is 0 Å². The van der Waals surface area contributed by atoms with Crippen molar-refractivity contribution in [2.75, 3.05) is 0 Å². The topological polar surface area (TPSA) is 230 Å². The zero-order valence-electron chi connectivity index (χ0n) is 29.0. The zero-order valence-corrected chi connectivity index (χ0v) is 29.8. The molecule has 6 rings (SSSR count). The summed E-state index contributed by atoms with van der Waals surface area (Å²) in [5, 5.41) is 63.7. The molecular formula is C34H54O14S. The van der Waals surface area contributed by atoms with Gasteiger partial charge in [-0.2, -0.15) is 8.42 Å². The van der Waals surface area contributed by atoms with E-state index in [-0.39, 0.29) is 48.5 Å². The number of carbonyl (C=O) groups is 1. The summed E-state index contributed by atoms with van der Waals surface area (Å²) in [6.45, 7) is 12.0. The van der Waals surface area contributed by atoms with E-state index in [4.69, 9.17) is 18.4 Å². The van der Waals surface area contributed by atoms with Crippen LogP contribution in [-0.4, -0.2) is 116 Å². The number of aliphatic hydroxyl groups excluding tert-OH is 4. The van der Waals surface area contributed by atoms with Gasteiger partial charge in [-0.3, -0.25) is 4.55 Å². The van der Waals surface area contributed by atoms with E-state index in [0.29, 0.717) is 25.7 Å². The van der Waals surface area contributed by atoms with Crippen LogP contribution in [-0.2, 0) is 33.6 Å². The number of fused-ring (bicyclic) bond motifs is 7. The van der Waals surface area contributed by atoms with Crippen LogP contribution in [0.3, 0.4) is 0 Å². The third-order valence-corrected chi connectivity index (χ3v) is 14.3. The molecule has 0 amide bonds. The number of carboxylic acids is 1. The van der Waals surface area contributed by atoms with Crippen LogP contribution in [0.4, 0.5) is 0 Å². The maximum Gasteiger partial charge on any atom is 0.397 e. The summed E-state index contributed by atoms with van der Waals surface area (Å²) < 4.78 is 57.7. The Labute approximate surface area is 287 Å².